The molecule has 0 aromatic heterocycles. The minimum atomic E-state index is 0.220. The fourth-order valence-electron chi connectivity index (χ4n) is 2.83. The van der Waals surface area contributed by atoms with Crippen LogP contribution in [0.2, 0.25) is 0 Å². The number of nitrogens with one attached hydrogen (secondary N) is 2. The average molecular weight is 360 g/mol. The Morgan fingerprint density at radius 2 is 2.27 bits per heavy atom. The molecule has 1 aromatic rings. The largest absolute Gasteiger partial charge is 0.491 e. The monoisotopic (exact) mass is 359 g/mol. The normalized spacial score (nSPS) is 17.7. The van der Waals surface area contributed by atoms with E-state index in [-0.39, 0.29) is 6.10 Å². The Morgan fingerprint density at radius 1 is 1.38 bits per heavy atom. The van der Waals surface area contributed by atoms with Gasteiger partial charge in [0.25, 0.3) is 0 Å². The molecule has 5 heteroatoms. The van der Waals surface area contributed by atoms with E-state index in [1.54, 1.807) is 0 Å². The van der Waals surface area contributed by atoms with Gasteiger partial charge in [-0.25, -0.2) is 4.99 Å². The molecule has 1 aliphatic rings. The number of nitrogens with zero attached hydrogens (tertiary/aromatic N) is 1. The highest BCUT2D eigenvalue weighted by atomic mass is 16.5. The summed E-state index contributed by atoms with van der Waals surface area (Å²) >= 11 is 0. The van der Waals surface area contributed by atoms with Gasteiger partial charge in [-0.2, -0.15) is 0 Å². The van der Waals surface area contributed by atoms with E-state index in [1.165, 1.54) is 5.56 Å². The second-order valence-corrected chi connectivity index (χ2v) is 6.54. The smallest absolute Gasteiger partial charge is 0.191 e. The van der Waals surface area contributed by atoms with Crippen molar-refractivity contribution in [1.82, 2.24) is 10.6 Å². The van der Waals surface area contributed by atoms with Gasteiger partial charge in [-0.1, -0.05) is 24.3 Å². The van der Waals surface area contributed by atoms with Crippen LogP contribution in [-0.2, 0) is 11.3 Å². The first-order chi connectivity index (χ1) is 12.7. The molecule has 1 unspecified atom stereocenters. The summed E-state index contributed by atoms with van der Waals surface area (Å²) < 4.78 is 11.7. The maximum absolute atomic E-state index is 6.06. The first-order valence-electron chi connectivity index (χ1n) is 9.70. The Kier molecular flexibility index (Phi) is 9.04. The minimum Gasteiger partial charge on any atom is -0.491 e. The minimum absolute atomic E-state index is 0.220. The summed E-state index contributed by atoms with van der Waals surface area (Å²) in [6, 6.07) is 6.30. The highest BCUT2D eigenvalue weighted by Crippen LogP contribution is 2.23. The van der Waals surface area contributed by atoms with E-state index in [9.17, 15) is 0 Å². The van der Waals surface area contributed by atoms with Crippen LogP contribution in [0.3, 0.4) is 0 Å². The molecule has 1 aromatic carbocycles. The molecule has 1 heterocycles. The molecule has 0 aliphatic carbocycles. The number of benzene rings is 1. The molecule has 1 saturated heterocycles. The summed E-state index contributed by atoms with van der Waals surface area (Å²) in [4.78, 5) is 4.71. The summed E-state index contributed by atoms with van der Waals surface area (Å²) in [5.74, 6) is 1.75. The molecule has 0 radical (unpaired) electrons. The molecule has 1 fully saturated rings. The van der Waals surface area contributed by atoms with Crippen molar-refractivity contribution in [2.24, 2.45) is 4.99 Å². The van der Waals surface area contributed by atoms with Crippen LogP contribution in [0.4, 0.5) is 0 Å². The second kappa shape index (κ2) is 11.6. The molecular formula is C21H33N3O2. The molecule has 0 spiro atoms. The number of hydrogen-bond donors (Lipinski definition) is 2. The number of ether oxygens (including phenoxy) is 2. The first-order valence-corrected chi connectivity index (χ1v) is 9.70. The molecule has 144 valence electrons. The number of rotatable bonds is 9. The lowest BCUT2D eigenvalue weighted by Gasteiger charge is -2.15. The van der Waals surface area contributed by atoms with E-state index in [4.69, 9.17) is 14.5 Å². The van der Waals surface area contributed by atoms with Crippen molar-refractivity contribution in [2.45, 2.75) is 52.7 Å². The van der Waals surface area contributed by atoms with Crippen LogP contribution in [0.1, 0.15) is 44.2 Å². The summed E-state index contributed by atoms with van der Waals surface area (Å²) in [6.45, 7) is 9.95. The third kappa shape index (κ3) is 7.08. The average Bonchev–Trinajstić information content (AvgIpc) is 3.16. The van der Waals surface area contributed by atoms with Gasteiger partial charge >= 0.3 is 0 Å². The van der Waals surface area contributed by atoms with Crippen molar-refractivity contribution >= 4 is 5.96 Å². The van der Waals surface area contributed by atoms with E-state index < -0.39 is 0 Å². The van der Waals surface area contributed by atoms with Crippen LogP contribution in [0.15, 0.2) is 35.3 Å². The maximum Gasteiger partial charge on any atom is 0.191 e. The molecule has 5 nitrogen and oxygen atoms in total. The van der Waals surface area contributed by atoms with E-state index in [0.29, 0.717) is 13.2 Å². The van der Waals surface area contributed by atoms with E-state index >= 15 is 0 Å². The van der Waals surface area contributed by atoms with Gasteiger partial charge in [0, 0.05) is 25.3 Å². The molecule has 1 atom stereocenters. The van der Waals surface area contributed by atoms with Crippen molar-refractivity contribution in [3.05, 3.63) is 41.5 Å². The van der Waals surface area contributed by atoms with Crippen molar-refractivity contribution < 1.29 is 9.47 Å². The topological polar surface area (TPSA) is 54.9 Å². The maximum atomic E-state index is 6.06. The second-order valence-electron chi connectivity index (χ2n) is 6.54. The molecule has 26 heavy (non-hydrogen) atoms. The van der Waals surface area contributed by atoms with E-state index in [0.717, 1.165) is 56.2 Å². The number of allylic oxidation sites excluding steroid dienone is 1. The van der Waals surface area contributed by atoms with Gasteiger partial charge in [-0.05, 0) is 51.7 Å². The molecule has 0 amide bonds. The van der Waals surface area contributed by atoms with Crippen LogP contribution >= 0.6 is 0 Å². The zero-order chi connectivity index (χ0) is 18.6. The Balaban J connectivity index is 1.98. The molecule has 1 aliphatic heterocycles. The van der Waals surface area contributed by atoms with Crippen LogP contribution < -0.4 is 15.4 Å². The van der Waals surface area contributed by atoms with Gasteiger partial charge in [0.15, 0.2) is 5.96 Å². The van der Waals surface area contributed by atoms with Crippen molar-refractivity contribution in [3.8, 4) is 5.75 Å². The molecule has 0 bridgehead atoms. The summed E-state index contributed by atoms with van der Waals surface area (Å²) in [5.41, 5.74) is 2.29. The molecule has 2 N–H and O–H groups in total. The number of hydrogen-bond acceptors (Lipinski definition) is 3. The standard InChI is InChI=1S/C21H33N3O2/c1-4-6-7-12-23-21(22-5-2)24-15-18-11-10-17(3)14-20(18)26-16-19-9-8-13-25-19/h4,6,10-11,14,19H,5,7-9,12-13,15-16H2,1-3H3,(H2,22,23,24)/b6-4+. The highest BCUT2D eigenvalue weighted by Gasteiger charge is 2.16. The lowest BCUT2D eigenvalue weighted by molar-refractivity contribution is 0.0676. The van der Waals surface area contributed by atoms with Crippen LogP contribution in [0.25, 0.3) is 0 Å². The lowest BCUT2D eigenvalue weighted by Crippen LogP contribution is -2.37. The third-order valence-corrected chi connectivity index (χ3v) is 4.26. The van der Waals surface area contributed by atoms with Gasteiger partial charge < -0.3 is 20.1 Å². The summed E-state index contributed by atoms with van der Waals surface area (Å²) in [5, 5.41) is 6.65. The Morgan fingerprint density at radius 3 is 3.00 bits per heavy atom. The number of aryl methyl sites for hydroxylation is 1. The van der Waals surface area contributed by atoms with Gasteiger partial charge in [-0.15, -0.1) is 0 Å². The van der Waals surface area contributed by atoms with Crippen LogP contribution in [-0.4, -0.2) is 38.4 Å². The van der Waals surface area contributed by atoms with Crippen molar-refractivity contribution in [1.29, 1.82) is 0 Å². The number of aliphatic imine (C=N–C) groups is 1. The van der Waals surface area contributed by atoms with Gasteiger partial charge in [0.05, 0.1) is 12.6 Å². The third-order valence-electron chi connectivity index (χ3n) is 4.26. The van der Waals surface area contributed by atoms with Crippen LogP contribution in [0.5, 0.6) is 5.75 Å². The Hall–Kier alpha value is -2.01. The SMILES string of the molecule is C/C=C/CCNC(=NCc1ccc(C)cc1OCC1CCCO1)NCC. The van der Waals surface area contributed by atoms with Gasteiger partial charge in [0.2, 0.25) is 0 Å². The quantitative estimate of drug-likeness (QED) is 0.306. The highest BCUT2D eigenvalue weighted by molar-refractivity contribution is 5.79. The summed E-state index contributed by atoms with van der Waals surface area (Å²) in [7, 11) is 0. The first kappa shape index (κ1) is 20.3. The molecule has 0 saturated carbocycles. The molecule has 2 rings (SSSR count). The Bertz CT molecular complexity index is 593. The van der Waals surface area contributed by atoms with E-state index in [2.05, 4.69) is 54.8 Å². The van der Waals surface area contributed by atoms with Crippen molar-refractivity contribution in [2.75, 3.05) is 26.3 Å². The molecular weight excluding hydrogens is 326 g/mol. The Labute approximate surface area is 157 Å². The summed E-state index contributed by atoms with van der Waals surface area (Å²) in [6.07, 6.45) is 7.63. The predicted octanol–water partition coefficient (Wildman–Crippen LogP) is 3.57. The fourth-order valence-corrected chi connectivity index (χ4v) is 2.83. The van der Waals surface area contributed by atoms with Crippen LogP contribution in [0, 0.1) is 6.92 Å². The van der Waals surface area contributed by atoms with Gasteiger partial charge in [0.1, 0.15) is 12.4 Å². The zero-order valence-electron chi connectivity index (χ0n) is 16.4. The predicted molar refractivity (Wildman–Crippen MR) is 108 cm³/mol. The van der Waals surface area contributed by atoms with E-state index in [1.807, 2.05) is 6.92 Å². The zero-order valence-corrected chi connectivity index (χ0v) is 16.4. The fraction of sp³-hybridized carbons (Fsp3) is 0.571. The van der Waals surface area contributed by atoms with Crippen molar-refractivity contribution in [3.63, 3.8) is 0 Å². The lowest BCUT2D eigenvalue weighted by atomic mass is 10.1. The van der Waals surface area contributed by atoms with Gasteiger partial charge in [-0.3, -0.25) is 0 Å². The number of guanidine groups is 1.